The number of carbonyl (C=O) groups is 1. The number of aromatic amines is 1. The van der Waals surface area contributed by atoms with Gasteiger partial charge in [0, 0.05) is 64.3 Å². The van der Waals surface area contributed by atoms with Gasteiger partial charge in [-0.2, -0.15) is 5.10 Å². The summed E-state index contributed by atoms with van der Waals surface area (Å²) in [6.07, 6.45) is 13.8. The van der Waals surface area contributed by atoms with Crippen LogP contribution in [-0.4, -0.2) is 31.1 Å². The van der Waals surface area contributed by atoms with Crippen molar-refractivity contribution in [3.05, 3.63) is 78.9 Å². The number of rotatable bonds is 6. The second-order valence-electron chi connectivity index (χ2n) is 9.08. The Hall–Kier alpha value is -4.79. The van der Waals surface area contributed by atoms with Gasteiger partial charge in [0.2, 0.25) is 5.91 Å². The van der Waals surface area contributed by atoms with E-state index in [4.69, 9.17) is 4.42 Å². The predicted octanol–water partition coefficient (Wildman–Crippen LogP) is 5.98. The molecular weight excluding hydrogens is 466 g/mol. The quantitative estimate of drug-likeness (QED) is 0.267. The van der Waals surface area contributed by atoms with Gasteiger partial charge in [0.1, 0.15) is 0 Å². The van der Waals surface area contributed by atoms with E-state index in [9.17, 15) is 4.79 Å². The van der Waals surface area contributed by atoms with E-state index in [1.165, 1.54) is 0 Å². The maximum Gasteiger partial charge on any atom is 0.224 e. The molecule has 0 spiro atoms. The molecule has 1 aliphatic rings. The normalized spacial score (nSPS) is 14.6. The number of nitrogens with zero attached hydrogens (tertiary/aromatic N) is 4. The highest BCUT2D eigenvalue weighted by atomic mass is 16.3. The van der Waals surface area contributed by atoms with Gasteiger partial charge in [-0.3, -0.25) is 19.9 Å². The van der Waals surface area contributed by atoms with E-state index in [0.29, 0.717) is 17.8 Å². The minimum absolute atomic E-state index is 0.0250. The highest BCUT2D eigenvalue weighted by Crippen LogP contribution is 2.41. The largest absolute Gasteiger partial charge is 0.472 e. The molecule has 1 unspecified atom stereocenters. The van der Waals surface area contributed by atoms with E-state index in [-0.39, 0.29) is 11.8 Å². The van der Waals surface area contributed by atoms with Gasteiger partial charge in [-0.1, -0.05) is 19.9 Å². The summed E-state index contributed by atoms with van der Waals surface area (Å²) in [5.41, 5.74) is 8.74. The van der Waals surface area contributed by atoms with Crippen LogP contribution >= 0.6 is 0 Å². The highest BCUT2D eigenvalue weighted by molar-refractivity contribution is 5.96. The minimum atomic E-state index is -0.0250. The lowest BCUT2D eigenvalue weighted by Crippen LogP contribution is -2.12. The molecule has 0 aromatic carbocycles. The summed E-state index contributed by atoms with van der Waals surface area (Å²) in [7, 11) is 0. The van der Waals surface area contributed by atoms with E-state index in [1.54, 1.807) is 37.3 Å². The number of aromatic nitrogens is 5. The van der Waals surface area contributed by atoms with Crippen LogP contribution < -0.4 is 10.6 Å². The van der Waals surface area contributed by atoms with Crippen LogP contribution in [-0.2, 0) is 4.79 Å². The van der Waals surface area contributed by atoms with Crippen LogP contribution in [0.5, 0.6) is 0 Å². The summed E-state index contributed by atoms with van der Waals surface area (Å²) in [6, 6.07) is 7.85. The molecule has 37 heavy (non-hydrogen) atoms. The average molecular weight is 492 g/mol. The van der Waals surface area contributed by atoms with E-state index in [0.717, 1.165) is 56.8 Å². The lowest BCUT2D eigenvalue weighted by molar-refractivity contribution is -0.116. The molecule has 0 fully saturated rings. The number of nitrogens with one attached hydrogen (secondary N) is 3. The number of anilines is 2. The number of carbonyl (C=O) groups excluding carboxylic acids is 1. The SMILES string of the molecule is CCCC(=O)Nc1cncc(-c2cnc3n[nH]c(C4=CC(C)c5c(ccnc5-c5ccoc5)N4)c3c2)c1. The van der Waals surface area contributed by atoms with Gasteiger partial charge >= 0.3 is 0 Å². The van der Waals surface area contributed by atoms with Crippen molar-refractivity contribution < 1.29 is 9.21 Å². The zero-order chi connectivity index (χ0) is 25.4. The maximum atomic E-state index is 12.0. The monoisotopic (exact) mass is 491 g/mol. The molecule has 6 rings (SSSR count). The summed E-state index contributed by atoms with van der Waals surface area (Å²) in [6.45, 7) is 4.13. The molecule has 0 aliphatic carbocycles. The van der Waals surface area contributed by atoms with Crippen LogP contribution in [0.25, 0.3) is 39.1 Å². The number of fused-ring (bicyclic) bond motifs is 2. The van der Waals surface area contributed by atoms with Gasteiger partial charge in [-0.15, -0.1) is 0 Å². The Morgan fingerprint density at radius 3 is 2.84 bits per heavy atom. The Balaban J connectivity index is 1.35. The van der Waals surface area contributed by atoms with Crippen LogP contribution in [0.15, 0.2) is 72.1 Å². The van der Waals surface area contributed by atoms with Gasteiger partial charge in [-0.25, -0.2) is 4.98 Å². The summed E-state index contributed by atoms with van der Waals surface area (Å²) >= 11 is 0. The maximum absolute atomic E-state index is 12.0. The lowest BCUT2D eigenvalue weighted by Gasteiger charge is -2.25. The Bertz CT molecular complexity index is 1640. The molecule has 1 atom stereocenters. The fourth-order valence-corrected chi connectivity index (χ4v) is 4.72. The number of H-pyrrole nitrogens is 1. The molecule has 5 aromatic rings. The van der Waals surface area contributed by atoms with E-state index in [2.05, 4.69) is 48.8 Å². The number of allylic oxidation sites excluding steroid dienone is 1. The number of hydrogen-bond acceptors (Lipinski definition) is 7. The second kappa shape index (κ2) is 9.34. The molecule has 9 heteroatoms. The van der Waals surface area contributed by atoms with Crippen molar-refractivity contribution in [3.8, 4) is 22.4 Å². The van der Waals surface area contributed by atoms with E-state index < -0.39 is 0 Å². The van der Waals surface area contributed by atoms with Crippen molar-refractivity contribution in [1.82, 2.24) is 25.1 Å². The fourth-order valence-electron chi connectivity index (χ4n) is 4.72. The van der Waals surface area contributed by atoms with Gasteiger partial charge in [0.15, 0.2) is 5.65 Å². The van der Waals surface area contributed by atoms with Gasteiger partial charge in [-0.05, 0) is 30.7 Å². The van der Waals surface area contributed by atoms with Crippen LogP contribution in [0.4, 0.5) is 11.4 Å². The fraction of sp³-hybridized carbons (Fsp3) is 0.179. The molecule has 0 radical (unpaired) electrons. The highest BCUT2D eigenvalue weighted by Gasteiger charge is 2.24. The Morgan fingerprint density at radius 1 is 1.11 bits per heavy atom. The van der Waals surface area contributed by atoms with Crippen molar-refractivity contribution in [1.29, 1.82) is 0 Å². The molecule has 0 bridgehead atoms. The number of amides is 1. The summed E-state index contributed by atoms with van der Waals surface area (Å²) in [4.78, 5) is 25.5. The van der Waals surface area contributed by atoms with Crippen LogP contribution in [0.2, 0.25) is 0 Å². The molecule has 1 aliphatic heterocycles. The Labute approximate surface area is 213 Å². The third kappa shape index (κ3) is 4.24. The van der Waals surface area contributed by atoms with Crippen molar-refractivity contribution in [2.24, 2.45) is 0 Å². The van der Waals surface area contributed by atoms with Gasteiger partial charge in [0.05, 0.1) is 41.5 Å². The van der Waals surface area contributed by atoms with Crippen molar-refractivity contribution in [2.45, 2.75) is 32.6 Å². The summed E-state index contributed by atoms with van der Waals surface area (Å²) in [5, 5.41) is 14.9. The second-order valence-corrected chi connectivity index (χ2v) is 9.08. The van der Waals surface area contributed by atoms with Gasteiger partial charge in [0.25, 0.3) is 0 Å². The van der Waals surface area contributed by atoms with E-state index in [1.807, 2.05) is 31.2 Å². The molecule has 6 heterocycles. The third-order valence-electron chi connectivity index (χ3n) is 6.44. The first-order valence-corrected chi connectivity index (χ1v) is 12.2. The molecule has 1 amide bonds. The first-order valence-electron chi connectivity index (χ1n) is 12.2. The number of furan rings is 1. The Morgan fingerprint density at radius 2 is 2.00 bits per heavy atom. The van der Waals surface area contributed by atoms with Crippen LogP contribution in [0, 0.1) is 0 Å². The van der Waals surface area contributed by atoms with E-state index >= 15 is 0 Å². The first kappa shape index (κ1) is 22.7. The molecule has 3 N–H and O–H groups in total. The molecular formula is C28H25N7O2. The third-order valence-corrected chi connectivity index (χ3v) is 6.44. The van der Waals surface area contributed by atoms with Gasteiger partial charge < -0.3 is 15.1 Å². The molecule has 0 saturated heterocycles. The molecule has 5 aromatic heterocycles. The average Bonchev–Trinajstić information content (AvgIpc) is 3.59. The Kier molecular flexibility index (Phi) is 5.72. The molecule has 184 valence electrons. The summed E-state index contributed by atoms with van der Waals surface area (Å²) in [5.74, 6) is 0.0786. The van der Waals surface area contributed by atoms with Crippen LogP contribution in [0.3, 0.4) is 0 Å². The zero-order valence-electron chi connectivity index (χ0n) is 20.4. The zero-order valence-corrected chi connectivity index (χ0v) is 20.4. The summed E-state index contributed by atoms with van der Waals surface area (Å²) < 4.78 is 5.29. The van der Waals surface area contributed by atoms with Crippen molar-refractivity contribution >= 4 is 34.0 Å². The lowest BCUT2D eigenvalue weighted by atomic mass is 9.90. The number of hydrogen-bond donors (Lipinski definition) is 3. The molecule has 9 nitrogen and oxygen atoms in total. The first-order chi connectivity index (χ1) is 18.1. The van der Waals surface area contributed by atoms with Crippen LogP contribution in [0.1, 0.15) is 43.9 Å². The number of pyridine rings is 3. The minimum Gasteiger partial charge on any atom is -0.472 e. The molecule has 0 saturated carbocycles. The van der Waals surface area contributed by atoms with Crippen molar-refractivity contribution in [2.75, 3.05) is 10.6 Å². The predicted molar refractivity (Wildman–Crippen MR) is 143 cm³/mol. The topological polar surface area (TPSA) is 122 Å². The smallest absolute Gasteiger partial charge is 0.224 e. The van der Waals surface area contributed by atoms with Crippen molar-refractivity contribution in [3.63, 3.8) is 0 Å². The standard InChI is InChI=1S/C28H25N7O2/c1-3-4-24(36)32-20-10-18(12-29-14-20)19-11-21-27(34-35-28(21)31-13-19)23-9-16(2)25-22(33-23)5-7-30-26(25)17-6-8-37-15-17/h5-16,33H,3-4H2,1-2H3,(H,32,36)(H,31,34,35).